The molecule has 0 aliphatic carbocycles. The minimum Gasteiger partial charge on any atom is -0.396 e. The maximum atomic E-state index is 9.10. The molecule has 1 aromatic rings. The van der Waals surface area contributed by atoms with Crippen LogP contribution in [0.25, 0.3) is 0 Å². The van der Waals surface area contributed by atoms with Crippen molar-refractivity contribution in [1.82, 2.24) is 9.88 Å². The molecule has 15 heavy (non-hydrogen) atoms. The van der Waals surface area contributed by atoms with E-state index in [0.29, 0.717) is 0 Å². The summed E-state index contributed by atoms with van der Waals surface area (Å²) >= 11 is 0. The predicted molar refractivity (Wildman–Crippen MR) is 58.1 cm³/mol. The van der Waals surface area contributed by atoms with Gasteiger partial charge in [0.2, 0.25) is 0 Å². The van der Waals surface area contributed by atoms with Gasteiger partial charge in [-0.05, 0) is 12.1 Å². The third kappa shape index (κ3) is 2.53. The van der Waals surface area contributed by atoms with E-state index in [0.717, 1.165) is 25.3 Å². The van der Waals surface area contributed by atoms with Crippen LogP contribution in [0.1, 0.15) is 5.69 Å². The van der Waals surface area contributed by atoms with E-state index in [2.05, 4.69) is 9.88 Å². The van der Waals surface area contributed by atoms with Gasteiger partial charge in [0.1, 0.15) is 0 Å². The van der Waals surface area contributed by atoms with Gasteiger partial charge in [-0.15, -0.1) is 0 Å². The predicted octanol–water partition coefficient (Wildman–Crippen LogP) is -0.167. The van der Waals surface area contributed by atoms with Gasteiger partial charge in [0, 0.05) is 44.4 Å². The zero-order valence-electron chi connectivity index (χ0n) is 8.71. The van der Waals surface area contributed by atoms with Crippen LogP contribution in [0.4, 0.5) is 0 Å². The van der Waals surface area contributed by atoms with Gasteiger partial charge < -0.3 is 10.8 Å². The molecular weight excluding hydrogens is 190 g/mol. The first kappa shape index (κ1) is 10.5. The van der Waals surface area contributed by atoms with Crippen molar-refractivity contribution in [3.8, 4) is 0 Å². The average molecular weight is 207 g/mol. The first-order valence-corrected chi connectivity index (χ1v) is 5.28. The molecule has 0 amide bonds. The molecule has 82 valence electrons. The first-order chi connectivity index (χ1) is 7.29. The van der Waals surface area contributed by atoms with Crippen LogP contribution in [0.15, 0.2) is 24.4 Å². The smallest absolute Gasteiger partial charge is 0.0543 e. The number of likely N-dealkylation sites (tertiary alicyclic amines) is 1. The van der Waals surface area contributed by atoms with Crippen LogP contribution < -0.4 is 5.73 Å². The number of nitrogens with zero attached hydrogens (tertiary/aromatic N) is 2. The number of aromatic nitrogens is 1. The van der Waals surface area contributed by atoms with Crippen molar-refractivity contribution in [3.05, 3.63) is 30.1 Å². The van der Waals surface area contributed by atoms with Crippen LogP contribution in [0.2, 0.25) is 0 Å². The minimum absolute atomic E-state index is 0.0960. The van der Waals surface area contributed by atoms with Crippen molar-refractivity contribution in [2.75, 3.05) is 19.7 Å². The highest BCUT2D eigenvalue weighted by Crippen LogP contribution is 2.16. The maximum absolute atomic E-state index is 9.10. The van der Waals surface area contributed by atoms with Crippen molar-refractivity contribution in [2.24, 2.45) is 11.7 Å². The fourth-order valence-electron chi connectivity index (χ4n) is 2.03. The highest BCUT2D eigenvalue weighted by atomic mass is 16.3. The van der Waals surface area contributed by atoms with Crippen LogP contribution in [0, 0.1) is 5.92 Å². The average Bonchev–Trinajstić information content (AvgIpc) is 2.60. The van der Waals surface area contributed by atoms with Gasteiger partial charge in [-0.2, -0.15) is 0 Å². The van der Waals surface area contributed by atoms with Gasteiger partial charge in [-0.1, -0.05) is 6.07 Å². The number of aliphatic hydroxyl groups excluding tert-OH is 1. The van der Waals surface area contributed by atoms with Gasteiger partial charge >= 0.3 is 0 Å². The lowest BCUT2D eigenvalue weighted by Crippen LogP contribution is -2.31. The molecule has 0 bridgehead atoms. The first-order valence-electron chi connectivity index (χ1n) is 5.28. The second-order valence-corrected chi connectivity index (χ2v) is 4.12. The number of nitrogens with two attached hydrogens (primary N) is 1. The molecule has 2 atom stereocenters. The Bertz CT molecular complexity index is 304. The van der Waals surface area contributed by atoms with Crippen LogP contribution in [-0.2, 0) is 6.54 Å². The summed E-state index contributed by atoms with van der Waals surface area (Å²) in [5, 5.41) is 9.10. The van der Waals surface area contributed by atoms with Crippen LogP contribution in [0.5, 0.6) is 0 Å². The monoisotopic (exact) mass is 207 g/mol. The van der Waals surface area contributed by atoms with Crippen LogP contribution >= 0.6 is 0 Å². The third-order valence-electron chi connectivity index (χ3n) is 2.91. The van der Waals surface area contributed by atoms with E-state index in [1.54, 1.807) is 6.20 Å². The van der Waals surface area contributed by atoms with Gasteiger partial charge in [0.15, 0.2) is 0 Å². The molecule has 2 heterocycles. The Morgan fingerprint density at radius 2 is 2.33 bits per heavy atom. The Morgan fingerprint density at radius 1 is 1.47 bits per heavy atom. The third-order valence-corrected chi connectivity index (χ3v) is 2.91. The minimum atomic E-state index is 0.0960. The molecule has 2 unspecified atom stereocenters. The Hall–Kier alpha value is -0.970. The SMILES string of the molecule is NC1CN(Cc2ccccn2)CC1CO. The number of aliphatic hydroxyl groups is 1. The van der Waals surface area contributed by atoms with Crippen LogP contribution in [-0.4, -0.2) is 40.7 Å². The van der Waals surface area contributed by atoms with E-state index in [1.165, 1.54) is 0 Å². The molecule has 0 spiro atoms. The lowest BCUT2D eigenvalue weighted by atomic mass is 10.1. The Balaban J connectivity index is 1.92. The van der Waals surface area contributed by atoms with E-state index in [-0.39, 0.29) is 18.6 Å². The Morgan fingerprint density at radius 3 is 2.93 bits per heavy atom. The summed E-state index contributed by atoms with van der Waals surface area (Å²) in [5.74, 6) is 0.216. The molecule has 0 radical (unpaired) electrons. The summed E-state index contributed by atoms with van der Waals surface area (Å²) in [4.78, 5) is 6.52. The van der Waals surface area contributed by atoms with Crippen molar-refractivity contribution >= 4 is 0 Å². The molecule has 1 saturated heterocycles. The van der Waals surface area contributed by atoms with Gasteiger partial charge in [-0.25, -0.2) is 0 Å². The second kappa shape index (κ2) is 4.70. The maximum Gasteiger partial charge on any atom is 0.0543 e. The lowest BCUT2D eigenvalue weighted by Gasteiger charge is -2.14. The normalized spacial score (nSPS) is 27.1. The van der Waals surface area contributed by atoms with Crippen molar-refractivity contribution in [2.45, 2.75) is 12.6 Å². The fourth-order valence-corrected chi connectivity index (χ4v) is 2.03. The molecule has 1 aliphatic rings. The largest absolute Gasteiger partial charge is 0.396 e. The van der Waals surface area contributed by atoms with Crippen molar-refractivity contribution in [3.63, 3.8) is 0 Å². The fraction of sp³-hybridized carbons (Fsp3) is 0.545. The Kier molecular flexibility index (Phi) is 3.30. The molecular formula is C11H17N3O. The van der Waals surface area contributed by atoms with Crippen molar-refractivity contribution in [1.29, 1.82) is 0 Å². The summed E-state index contributed by atoms with van der Waals surface area (Å²) in [6.45, 7) is 2.72. The number of hydrogen-bond acceptors (Lipinski definition) is 4. The molecule has 1 aliphatic heterocycles. The van der Waals surface area contributed by atoms with Gasteiger partial charge in [0.25, 0.3) is 0 Å². The van der Waals surface area contributed by atoms with E-state index in [4.69, 9.17) is 10.8 Å². The van der Waals surface area contributed by atoms with E-state index in [9.17, 15) is 0 Å². The molecule has 4 heteroatoms. The molecule has 1 aromatic heterocycles. The molecule has 0 aromatic carbocycles. The summed E-state index contributed by atoms with van der Waals surface area (Å²) in [6, 6.07) is 6.01. The van der Waals surface area contributed by atoms with E-state index in [1.807, 2.05) is 18.2 Å². The second-order valence-electron chi connectivity index (χ2n) is 4.12. The van der Waals surface area contributed by atoms with E-state index >= 15 is 0 Å². The van der Waals surface area contributed by atoms with Crippen molar-refractivity contribution < 1.29 is 5.11 Å². The zero-order chi connectivity index (χ0) is 10.7. The number of hydrogen-bond donors (Lipinski definition) is 2. The summed E-state index contributed by atoms with van der Waals surface area (Å²) in [6.07, 6.45) is 1.80. The summed E-state index contributed by atoms with van der Waals surface area (Å²) in [5.41, 5.74) is 6.97. The molecule has 0 saturated carbocycles. The standard InChI is InChI=1S/C11H17N3O/c12-11-7-14(5-9(11)8-15)6-10-3-1-2-4-13-10/h1-4,9,11,15H,5-8,12H2. The summed E-state index contributed by atoms with van der Waals surface area (Å²) in [7, 11) is 0. The Labute approximate surface area is 89.7 Å². The molecule has 2 rings (SSSR count). The van der Waals surface area contributed by atoms with Crippen LogP contribution in [0.3, 0.4) is 0 Å². The molecule has 3 N–H and O–H groups in total. The van der Waals surface area contributed by atoms with E-state index < -0.39 is 0 Å². The quantitative estimate of drug-likeness (QED) is 0.722. The zero-order valence-corrected chi connectivity index (χ0v) is 8.71. The lowest BCUT2D eigenvalue weighted by molar-refractivity contribution is 0.214. The topological polar surface area (TPSA) is 62.4 Å². The number of rotatable bonds is 3. The highest BCUT2D eigenvalue weighted by Gasteiger charge is 2.29. The van der Waals surface area contributed by atoms with Gasteiger partial charge in [-0.3, -0.25) is 9.88 Å². The highest BCUT2D eigenvalue weighted by molar-refractivity contribution is 5.04. The molecule has 1 fully saturated rings. The molecule has 4 nitrogen and oxygen atoms in total. The number of pyridine rings is 1. The van der Waals surface area contributed by atoms with Gasteiger partial charge in [0.05, 0.1) is 5.69 Å². The summed E-state index contributed by atoms with van der Waals surface area (Å²) < 4.78 is 0.